The van der Waals surface area contributed by atoms with Gasteiger partial charge in [-0.1, -0.05) is 0 Å². The Kier molecular flexibility index (Phi) is 4.15. The molecule has 98 valence electrons. The van der Waals surface area contributed by atoms with Gasteiger partial charge in [-0.05, 0) is 39.1 Å². The van der Waals surface area contributed by atoms with E-state index in [-0.39, 0.29) is 11.9 Å². The van der Waals surface area contributed by atoms with Crippen molar-refractivity contribution in [2.75, 3.05) is 32.0 Å². The van der Waals surface area contributed by atoms with Crippen molar-refractivity contribution in [1.29, 1.82) is 0 Å². The van der Waals surface area contributed by atoms with Crippen molar-refractivity contribution in [1.82, 2.24) is 15.2 Å². The summed E-state index contributed by atoms with van der Waals surface area (Å²) in [5, 5.41) is 6.17. The number of likely N-dealkylation sites (tertiary alicyclic amines) is 1. The lowest BCUT2D eigenvalue weighted by molar-refractivity contribution is 0.0939. The minimum atomic E-state index is -0.0423. The lowest BCUT2D eigenvalue weighted by Gasteiger charge is -2.14. The third-order valence-corrected chi connectivity index (χ3v) is 3.12. The average Bonchev–Trinajstić information content (AvgIpc) is 2.76. The fourth-order valence-electron chi connectivity index (χ4n) is 2.21. The maximum absolute atomic E-state index is 12.2. The van der Waals surface area contributed by atoms with Crippen LogP contribution >= 0.6 is 0 Å². The van der Waals surface area contributed by atoms with E-state index in [0.29, 0.717) is 11.4 Å². The average molecular weight is 248 g/mol. The third kappa shape index (κ3) is 2.98. The van der Waals surface area contributed by atoms with Gasteiger partial charge >= 0.3 is 0 Å². The minimum Gasteiger partial charge on any atom is -0.370 e. The summed E-state index contributed by atoms with van der Waals surface area (Å²) in [6, 6.07) is 3.84. The van der Waals surface area contributed by atoms with Gasteiger partial charge in [0.15, 0.2) is 0 Å². The SMILES string of the molecule is CCNc1ncccc1C(=O)NC1CCN(C)C1. The summed E-state index contributed by atoms with van der Waals surface area (Å²) in [7, 11) is 2.07. The van der Waals surface area contributed by atoms with Crippen molar-refractivity contribution in [3.63, 3.8) is 0 Å². The summed E-state index contributed by atoms with van der Waals surface area (Å²) < 4.78 is 0. The van der Waals surface area contributed by atoms with Crippen molar-refractivity contribution in [2.24, 2.45) is 0 Å². The summed E-state index contributed by atoms with van der Waals surface area (Å²) in [5.74, 6) is 0.614. The van der Waals surface area contributed by atoms with Crippen molar-refractivity contribution < 1.29 is 4.79 Å². The molecule has 1 aliphatic rings. The molecular weight excluding hydrogens is 228 g/mol. The molecule has 0 saturated carbocycles. The fourth-order valence-corrected chi connectivity index (χ4v) is 2.21. The minimum absolute atomic E-state index is 0.0423. The highest BCUT2D eigenvalue weighted by Crippen LogP contribution is 2.13. The normalized spacial score (nSPS) is 19.8. The number of rotatable bonds is 4. The Morgan fingerprint density at radius 1 is 1.61 bits per heavy atom. The summed E-state index contributed by atoms with van der Waals surface area (Å²) in [6.45, 7) is 4.70. The number of amides is 1. The molecule has 1 atom stereocenters. The predicted molar refractivity (Wildman–Crippen MR) is 71.8 cm³/mol. The number of anilines is 1. The zero-order chi connectivity index (χ0) is 13.0. The molecule has 5 heteroatoms. The molecule has 1 aliphatic heterocycles. The van der Waals surface area contributed by atoms with Gasteiger partial charge < -0.3 is 15.5 Å². The van der Waals surface area contributed by atoms with Crippen LogP contribution in [0.15, 0.2) is 18.3 Å². The molecule has 1 saturated heterocycles. The highest BCUT2D eigenvalue weighted by atomic mass is 16.1. The Labute approximate surface area is 108 Å². The van der Waals surface area contributed by atoms with E-state index in [2.05, 4.69) is 27.6 Å². The molecule has 2 N–H and O–H groups in total. The molecule has 0 bridgehead atoms. The van der Waals surface area contributed by atoms with Crippen molar-refractivity contribution in [3.05, 3.63) is 23.9 Å². The van der Waals surface area contributed by atoms with Gasteiger partial charge in [0.1, 0.15) is 5.82 Å². The fraction of sp³-hybridized carbons (Fsp3) is 0.538. The molecule has 0 radical (unpaired) electrons. The predicted octanol–water partition coefficient (Wildman–Crippen LogP) is 0.947. The van der Waals surface area contributed by atoms with Crippen LogP contribution < -0.4 is 10.6 Å². The van der Waals surface area contributed by atoms with Crippen LogP contribution in [-0.2, 0) is 0 Å². The second-order valence-electron chi connectivity index (χ2n) is 4.65. The maximum atomic E-state index is 12.2. The van der Waals surface area contributed by atoms with Crippen LogP contribution in [0.5, 0.6) is 0 Å². The molecule has 1 aromatic rings. The molecule has 1 amide bonds. The number of nitrogens with zero attached hydrogens (tertiary/aromatic N) is 2. The van der Waals surface area contributed by atoms with Crippen molar-refractivity contribution in [3.8, 4) is 0 Å². The van der Waals surface area contributed by atoms with Crippen LogP contribution in [0.25, 0.3) is 0 Å². The monoisotopic (exact) mass is 248 g/mol. The smallest absolute Gasteiger partial charge is 0.255 e. The van der Waals surface area contributed by atoms with Gasteiger partial charge in [0.2, 0.25) is 0 Å². The van der Waals surface area contributed by atoms with Crippen LogP contribution in [0, 0.1) is 0 Å². The summed E-state index contributed by atoms with van der Waals surface area (Å²) >= 11 is 0. The van der Waals surface area contributed by atoms with E-state index in [1.807, 2.05) is 6.92 Å². The topological polar surface area (TPSA) is 57.3 Å². The van der Waals surface area contributed by atoms with E-state index in [0.717, 1.165) is 26.1 Å². The van der Waals surface area contributed by atoms with E-state index in [1.54, 1.807) is 18.3 Å². The van der Waals surface area contributed by atoms with Gasteiger partial charge in [-0.25, -0.2) is 4.98 Å². The maximum Gasteiger partial charge on any atom is 0.255 e. The Morgan fingerprint density at radius 2 is 2.44 bits per heavy atom. The first-order valence-corrected chi connectivity index (χ1v) is 6.39. The quantitative estimate of drug-likeness (QED) is 0.833. The molecule has 0 spiro atoms. The molecule has 5 nitrogen and oxygen atoms in total. The summed E-state index contributed by atoms with van der Waals surface area (Å²) in [5.41, 5.74) is 0.619. The number of carbonyl (C=O) groups excluding carboxylic acids is 1. The van der Waals surface area contributed by atoms with Crippen LogP contribution in [0.1, 0.15) is 23.7 Å². The molecule has 1 aromatic heterocycles. The third-order valence-electron chi connectivity index (χ3n) is 3.12. The number of hydrogen-bond acceptors (Lipinski definition) is 4. The number of likely N-dealkylation sites (N-methyl/N-ethyl adjacent to an activating group) is 1. The zero-order valence-corrected chi connectivity index (χ0v) is 10.9. The Morgan fingerprint density at radius 3 is 3.11 bits per heavy atom. The number of hydrogen-bond donors (Lipinski definition) is 2. The van der Waals surface area contributed by atoms with E-state index in [4.69, 9.17) is 0 Å². The second-order valence-corrected chi connectivity index (χ2v) is 4.65. The van der Waals surface area contributed by atoms with Crippen LogP contribution in [0.3, 0.4) is 0 Å². The molecule has 2 rings (SSSR count). The second kappa shape index (κ2) is 5.82. The van der Waals surface area contributed by atoms with E-state index in [9.17, 15) is 4.79 Å². The summed E-state index contributed by atoms with van der Waals surface area (Å²) in [4.78, 5) is 18.6. The highest BCUT2D eigenvalue weighted by Gasteiger charge is 2.22. The Balaban J connectivity index is 2.04. The molecular formula is C13H20N4O. The van der Waals surface area contributed by atoms with Gasteiger partial charge in [-0.15, -0.1) is 0 Å². The number of nitrogens with one attached hydrogen (secondary N) is 2. The van der Waals surface area contributed by atoms with Gasteiger partial charge in [0.25, 0.3) is 5.91 Å². The van der Waals surface area contributed by atoms with E-state index in [1.165, 1.54) is 0 Å². The Hall–Kier alpha value is -1.62. The molecule has 2 heterocycles. The number of carbonyl (C=O) groups is 1. The number of aromatic nitrogens is 1. The molecule has 0 aromatic carbocycles. The standard InChI is InChI=1S/C13H20N4O/c1-3-14-12-11(5-4-7-15-12)13(18)16-10-6-8-17(2)9-10/h4-5,7,10H,3,6,8-9H2,1-2H3,(H,14,15)(H,16,18). The van der Waals surface area contributed by atoms with Crippen LogP contribution in [0.2, 0.25) is 0 Å². The molecule has 18 heavy (non-hydrogen) atoms. The van der Waals surface area contributed by atoms with E-state index >= 15 is 0 Å². The van der Waals surface area contributed by atoms with Gasteiger partial charge in [-0.2, -0.15) is 0 Å². The largest absolute Gasteiger partial charge is 0.370 e. The molecule has 0 aliphatic carbocycles. The first kappa shape index (κ1) is 12.8. The first-order valence-electron chi connectivity index (χ1n) is 6.39. The van der Waals surface area contributed by atoms with Crippen LogP contribution in [0.4, 0.5) is 5.82 Å². The number of pyridine rings is 1. The van der Waals surface area contributed by atoms with Gasteiger partial charge in [-0.3, -0.25) is 4.79 Å². The van der Waals surface area contributed by atoms with Crippen LogP contribution in [-0.4, -0.2) is 48.5 Å². The lowest BCUT2D eigenvalue weighted by Crippen LogP contribution is -2.36. The van der Waals surface area contributed by atoms with Gasteiger partial charge in [0.05, 0.1) is 5.56 Å². The van der Waals surface area contributed by atoms with Gasteiger partial charge in [0, 0.05) is 25.3 Å². The lowest BCUT2D eigenvalue weighted by atomic mass is 10.2. The zero-order valence-electron chi connectivity index (χ0n) is 10.9. The molecule has 1 fully saturated rings. The summed E-state index contributed by atoms with van der Waals surface area (Å²) in [6.07, 6.45) is 2.71. The van der Waals surface area contributed by atoms with Crippen molar-refractivity contribution in [2.45, 2.75) is 19.4 Å². The molecule has 1 unspecified atom stereocenters. The van der Waals surface area contributed by atoms with Crippen molar-refractivity contribution >= 4 is 11.7 Å². The van der Waals surface area contributed by atoms with E-state index < -0.39 is 0 Å². The first-order chi connectivity index (χ1) is 8.70. The Bertz CT molecular complexity index is 421. The highest BCUT2D eigenvalue weighted by molar-refractivity contribution is 5.98.